The summed E-state index contributed by atoms with van der Waals surface area (Å²) in [4.78, 5) is 33.5. The molecule has 0 fully saturated rings. The molecule has 0 saturated carbocycles. The number of hydrogen-bond donors (Lipinski definition) is 2. The number of thioether (sulfide) groups is 1. The Morgan fingerprint density at radius 3 is 2.37 bits per heavy atom. The number of anilines is 1. The Bertz CT molecular complexity index is 1280. The molecule has 8 heteroatoms. The van der Waals surface area contributed by atoms with Gasteiger partial charge >= 0.3 is 0 Å². The van der Waals surface area contributed by atoms with E-state index in [4.69, 9.17) is 9.73 Å². The van der Waals surface area contributed by atoms with Crippen molar-refractivity contribution < 1.29 is 14.3 Å². The molecule has 2 aromatic carbocycles. The summed E-state index contributed by atoms with van der Waals surface area (Å²) in [6, 6.07) is 15.3. The van der Waals surface area contributed by atoms with Crippen LogP contribution < -0.4 is 15.4 Å². The number of methoxy groups -OCH3 is 1. The maximum absolute atomic E-state index is 13.8. The summed E-state index contributed by atoms with van der Waals surface area (Å²) in [5.74, 6) is 0.836. The van der Waals surface area contributed by atoms with Crippen LogP contribution in [0, 0.1) is 0 Å². The Morgan fingerprint density at radius 1 is 1.08 bits per heavy atom. The lowest BCUT2D eigenvalue weighted by Crippen LogP contribution is -2.39. The fourth-order valence-corrected chi connectivity index (χ4v) is 5.47. The van der Waals surface area contributed by atoms with Crippen LogP contribution in [0.1, 0.15) is 70.5 Å². The van der Waals surface area contributed by atoms with Crippen molar-refractivity contribution in [2.75, 3.05) is 12.4 Å². The summed E-state index contributed by atoms with van der Waals surface area (Å²) in [5.41, 5.74) is 4.90. The van der Waals surface area contributed by atoms with E-state index in [-0.39, 0.29) is 24.3 Å². The lowest BCUT2D eigenvalue weighted by molar-refractivity contribution is -0.121. The van der Waals surface area contributed by atoms with Crippen molar-refractivity contribution in [3.05, 3.63) is 82.0 Å². The summed E-state index contributed by atoms with van der Waals surface area (Å²) >= 11 is 1.49. The largest absolute Gasteiger partial charge is 0.497 e. The third-order valence-electron chi connectivity index (χ3n) is 6.87. The van der Waals surface area contributed by atoms with Crippen LogP contribution in [0.15, 0.2) is 75.9 Å². The fourth-order valence-electron chi connectivity index (χ4n) is 4.50. The topological polar surface area (TPSA) is 83.0 Å². The van der Waals surface area contributed by atoms with Gasteiger partial charge in [-0.1, -0.05) is 56.8 Å². The van der Waals surface area contributed by atoms with Gasteiger partial charge < -0.3 is 20.3 Å². The van der Waals surface area contributed by atoms with Crippen LogP contribution in [0.3, 0.4) is 0 Å². The Kier molecular flexibility index (Phi) is 8.62. The molecule has 0 aliphatic carbocycles. The Labute approximate surface area is 229 Å². The van der Waals surface area contributed by atoms with E-state index in [2.05, 4.69) is 48.7 Å². The molecule has 2 aromatic rings. The van der Waals surface area contributed by atoms with Gasteiger partial charge in [0.25, 0.3) is 5.91 Å². The van der Waals surface area contributed by atoms with Gasteiger partial charge in [-0.2, -0.15) is 0 Å². The molecule has 0 unspecified atom stereocenters. The van der Waals surface area contributed by atoms with Crippen LogP contribution in [-0.4, -0.2) is 35.0 Å². The third-order valence-corrected chi connectivity index (χ3v) is 7.76. The lowest BCUT2D eigenvalue weighted by atomic mass is 9.91. The normalized spacial score (nSPS) is 17.6. The number of benzene rings is 2. The highest BCUT2D eigenvalue weighted by molar-refractivity contribution is 8.16. The maximum atomic E-state index is 13.8. The molecule has 2 amide bonds. The second-order valence-electron chi connectivity index (χ2n) is 9.95. The van der Waals surface area contributed by atoms with E-state index < -0.39 is 6.04 Å². The van der Waals surface area contributed by atoms with Crippen LogP contribution in [0.25, 0.3) is 0 Å². The summed E-state index contributed by atoms with van der Waals surface area (Å²) in [7, 11) is 1.61. The molecule has 2 heterocycles. The fraction of sp³-hybridized carbons (Fsp3) is 0.367. The van der Waals surface area contributed by atoms with Gasteiger partial charge in [0.05, 0.1) is 30.8 Å². The average molecular weight is 533 g/mol. The molecular formula is C30H36N4O3S. The van der Waals surface area contributed by atoms with Crippen molar-refractivity contribution in [2.45, 2.75) is 65.5 Å². The van der Waals surface area contributed by atoms with Gasteiger partial charge in [0.1, 0.15) is 5.75 Å². The van der Waals surface area contributed by atoms with E-state index in [9.17, 15) is 9.59 Å². The minimum atomic E-state index is -0.417. The molecule has 38 heavy (non-hydrogen) atoms. The zero-order valence-corrected chi connectivity index (χ0v) is 23.7. The summed E-state index contributed by atoms with van der Waals surface area (Å²) in [6.07, 6.45) is 1.07. The standard InChI is InChI=1S/C30H36N4O3S/c1-7-19(4)31-26(35)16-24-17-38-30-32-20(5)27(29(36)33-23-12-14-25(37-6)15-13-23)28(34(24)30)22-10-8-21(9-11-22)18(2)3/h8-15,17-19,28H,7,16H2,1-6H3,(H,31,35)(H,33,36)/t19-,28+/m0/s1. The van der Waals surface area contributed by atoms with E-state index >= 15 is 0 Å². The first-order valence-electron chi connectivity index (χ1n) is 13.0. The van der Waals surface area contributed by atoms with Crippen molar-refractivity contribution in [1.29, 1.82) is 0 Å². The number of rotatable bonds is 9. The van der Waals surface area contributed by atoms with Gasteiger partial charge in [0, 0.05) is 17.4 Å². The predicted molar refractivity (Wildman–Crippen MR) is 155 cm³/mol. The monoisotopic (exact) mass is 532 g/mol. The van der Waals surface area contributed by atoms with Crippen molar-refractivity contribution >= 4 is 34.4 Å². The minimum Gasteiger partial charge on any atom is -0.497 e. The molecule has 0 radical (unpaired) electrons. The quantitative estimate of drug-likeness (QED) is 0.394. The Hall–Kier alpha value is -3.52. The van der Waals surface area contributed by atoms with Gasteiger partial charge in [-0.05, 0) is 67.0 Å². The molecule has 0 saturated heterocycles. The molecule has 0 aromatic heterocycles. The number of nitrogens with one attached hydrogen (secondary N) is 2. The second kappa shape index (κ2) is 11.9. The zero-order chi connectivity index (χ0) is 27.4. The number of carbonyl (C=O) groups is 2. The molecule has 2 N–H and O–H groups in total. The number of nitrogens with zero attached hydrogens (tertiary/aromatic N) is 2. The summed E-state index contributed by atoms with van der Waals surface area (Å²) in [5, 5.41) is 8.84. The predicted octanol–water partition coefficient (Wildman–Crippen LogP) is 6.34. The molecule has 2 atom stereocenters. The highest BCUT2D eigenvalue weighted by Gasteiger charge is 2.40. The van der Waals surface area contributed by atoms with Crippen LogP contribution >= 0.6 is 11.8 Å². The molecule has 200 valence electrons. The van der Waals surface area contributed by atoms with Crippen LogP contribution in [0.5, 0.6) is 5.75 Å². The smallest absolute Gasteiger partial charge is 0.255 e. The second-order valence-corrected chi connectivity index (χ2v) is 10.8. The lowest BCUT2D eigenvalue weighted by Gasteiger charge is -2.36. The van der Waals surface area contributed by atoms with Gasteiger partial charge in [-0.25, -0.2) is 4.99 Å². The summed E-state index contributed by atoms with van der Waals surface area (Å²) < 4.78 is 5.24. The van der Waals surface area contributed by atoms with Gasteiger partial charge in [0.2, 0.25) is 5.91 Å². The molecule has 7 nitrogen and oxygen atoms in total. The number of hydrogen-bond acceptors (Lipinski definition) is 6. The average Bonchev–Trinajstić information content (AvgIpc) is 3.29. The van der Waals surface area contributed by atoms with E-state index in [1.807, 2.05) is 55.3 Å². The number of amides is 2. The number of allylic oxidation sites excluding steroid dienone is 1. The van der Waals surface area contributed by atoms with E-state index in [1.165, 1.54) is 17.3 Å². The number of amidine groups is 1. The first-order valence-corrected chi connectivity index (χ1v) is 13.9. The van der Waals surface area contributed by atoms with Crippen molar-refractivity contribution in [3.8, 4) is 5.75 Å². The molecule has 2 aliphatic heterocycles. The van der Waals surface area contributed by atoms with Gasteiger partial charge in [-0.15, -0.1) is 0 Å². The van der Waals surface area contributed by atoms with Crippen LogP contribution in [0.2, 0.25) is 0 Å². The summed E-state index contributed by atoms with van der Waals surface area (Å²) in [6.45, 7) is 10.2. The number of aliphatic imine (C=N–C) groups is 1. The number of carbonyl (C=O) groups excluding carboxylic acids is 2. The third kappa shape index (κ3) is 5.96. The van der Waals surface area contributed by atoms with Crippen molar-refractivity contribution in [1.82, 2.24) is 10.2 Å². The van der Waals surface area contributed by atoms with Gasteiger partial charge in [-0.3, -0.25) is 9.59 Å². The SMILES string of the molecule is CC[C@H](C)NC(=O)CC1=CSC2=NC(C)=C(C(=O)Nc3ccc(OC)cc3)[C@@H](c3ccc(C(C)C)cc3)N12. The minimum absolute atomic E-state index is 0.0446. The first-order chi connectivity index (χ1) is 18.2. The highest BCUT2D eigenvalue weighted by atomic mass is 32.2. The van der Waals surface area contributed by atoms with Gasteiger partial charge in [0.15, 0.2) is 5.17 Å². The highest BCUT2D eigenvalue weighted by Crippen LogP contribution is 2.45. The molecular weight excluding hydrogens is 496 g/mol. The molecule has 0 bridgehead atoms. The zero-order valence-electron chi connectivity index (χ0n) is 22.9. The van der Waals surface area contributed by atoms with E-state index in [1.54, 1.807) is 7.11 Å². The van der Waals surface area contributed by atoms with E-state index in [0.29, 0.717) is 28.6 Å². The van der Waals surface area contributed by atoms with Crippen LogP contribution in [-0.2, 0) is 9.59 Å². The van der Waals surface area contributed by atoms with Crippen molar-refractivity contribution in [2.24, 2.45) is 4.99 Å². The molecule has 4 rings (SSSR count). The maximum Gasteiger partial charge on any atom is 0.255 e. The number of fused-ring (bicyclic) bond motifs is 1. The van der Waals surface area contributed by atoms with E-state index in [0.717, 1.165) is 22.8 Å². The van der Waals surface area contributed by atoms with Crippen LogP contribution in [0.4, 0.5) is 5.69 Å². The molecule has 0 spiro atoms. The Morgan fingerprint density at radius 2 is 1.76 bits per heavy atom. The number of ether oxygens (including phenoxy) is 1. The Balaban J connectivity index is 1.70. The van der Waals surface area contributed by atoms with Crippen molar-refractivity contribution in [3.63, 3.8) is 0 Å². The first kappa shape index (κ1) is 27.5. The molecule has 2 aliphatic rings.